The van der Waals surface area contributed by atoms with Crippen molar-refractivity contribution in [2.45, 2.75) is 0 Å². The number of carbonyl (C=O) groups excluding carboxylic acids is 1. The van der Waals surface area contributed by atoms with Gasteiger partial charge >= 0.3 is 5.76 Å². The van der Waals surface area contributed by atoms with Crippen molar-refractivity contribution in [3.63, 3.8) is 0 Å². The van der Waals surface area contributed by atoms with Crippen LogP contribution >= 0.6 is 11.3 Å². The first-order valence-corrected chi connectivity index (χ1v) is 10.8. The first-order chi connectivity index (χ1) is 15.6. The van der Waals surface area contributed by atoms with E-state index in [9.17, 15) is 9.59 Å². The highest BCUT2D eigenvalue weighted by molar-refractivity contribution is 7.14. The molecule has 0 radical (unpaired) electrons. The van der Waals surface area contributed by atoms with Crippen molar-refractivity contribution in [2.24, 2.45) is 0 Å². The van der Waals surface area contributed by atoms with E-state index in [4.69, 9.17) is 4.42 Å². The minimum absolute atomic E-state index is 0.259. The van der Waals surface area contributed by atoms with Crippen molar-refractivity contribution >= 4 is 39.6 Å². The van der Waals surface area contributed by atoms with Crippen molar-refractivity contribution in [3.8, 4) is 22.4 Å². The summed E-state index contributed by atoms with van der Waals surface area (Å²) in [7, 11) is 0. The molecule has 0 aliphatic rings. The van der Waals surface area contributed by atoms with Crippen LogP contribution in [0.1, 0.15) is 5.56 Å². The number of oxazole rings is 1. The van der Waals surface area contributed by atoms with E-state index < -0.39 is 5.76 Å². The Labute approximate surface area is 186 Å². The number of aromatic amines is 1. The van der Waals surface area contributed by atoms with Gasteiger partial charge in [0.1, 0.15) is 0 Å². The number of fused-ring (bicyclic) bond motifs is 1. The van der Waals surface area contributed by atoms with Crippen LogP contribution in [0.5, 0.6) is 0 Å². The van der Waals surface area contributed by atoms with Crippen molar-refractivity contribution < 1.29 is 9.21 Å². The highest BCUT2D eigenvalue weighted by atomic mass is 32.1. The van der Waals surface area contributed by atoms with Crippen LogP contribution in [0.25, 0.3) is 39.6 Å². The van der Waals surface area contributed by atoms with Crippen molar-refractivity contribution in [3.05, 3.63) is 100 Å². The summed E-state index contributed by atoms with van der Waals surface area (Å²) in [6, 6.07) is 23.5. The van der Waals surface area contributed by atoms with Crippen molar-refractivity contribution in [1.29, 1.82) is 0 Å². The third-order valence-corrected chi connectivity index (χ3v) is 5.65. The Balaban J connectivity index is 1.25. The summed E-state index contributed by atoms with van der Waals surface area (Å²) in [5.74, 6) is -0.755. The topological polar surface area (TPSA) is 88.0 Å². The summed E-state index contributed by atoms with van der Waals surface area (Å²) < 4.78 is 5.09. The van der Waals surface area contributed by atoms with E-state index in [1.54, 1.807) is 18.2 Å². The van der Waals surface area contributed by atoms with Crippen LogP contribution in [0.15, 0.2) is 93.5 Å². The Kier molecular flexibility index (Phi) is 5.23. The fourth-order valence-corrected chi connectivity index (χ4v) is 4.03. The molecule has 0 saturated carbocycles. The molecule has 0 bridgehead atoms. The molecular weight excluding hydrogens is 422 g/mol. The number of nitrogens with one attached hydrogen (secondary N) is 2. The van der Waals surface area contributed by atoms with E-state index in [0.717, 1.165) is 22.3 Å². The highest BCUT2D eigenvalue weighted by Gasteiger charge is 2.09. The van der Waals surface area contributed by atoms with Crippen LogP contribution in [-0.2, 0) is 4.79 Å². The van der Waals surface area contributed by atoms with Gasteiger partial charge < -0.3 is 4.42 Å². The molecule has 6 nitrogen and oxygen atoms in total. The number of carbonyl (C=O) groups is 1. The average molecular weight is 439 g/mol. The van der Waals surface area contributed by atoms with Gasteiger partial charge in [-0.15, -0.1) is 11.3 Å². The molecule has 32 heavy (non-hydrogen) atoms. The lowest BCUT2D eigenvalue weighted by molar-refractivity contribution is -0.111. The van der Waals surface area contributed by atoms with Gasteiger partial charge in [0.2, 0.25) is 5.91 Å². The standard InChI is InChI=1S/C25H17N3O3S/c29-23(13-8-16-6-9-18(10-7-16)17-4-2-1-3-5-17)28-24-26-21(15-32-24)19-11-12-20-22(14-19)31-25(30)27-20/h1-15H,(H,27,30)(H,26,28,29)/b13-8+. The number of hydrogen-bond donors (Lipinski definition) is 2. The predicted octanol–water partition coefficient (Wildman–Crippen LogP) is 5.56. The molecule has 0 unspecified atom stereocenters. The molecule has 2 heterocycles. The molecule has 5 rings (SSSR count). The van der Waals surface area contributed by atoms with Crippen LogP contribution in [0.4, 0.5) is 5.13 Å². The van der Waals surface area contributed by atoms with Crippen LogP contribution < -0.4 is 11.1 Å². The van der Waals surface area contributed by atoms with E-state index in [2.05, 4.69) is 27.4 Å². The third kappa shape index (κ3) is 4.28. The van der Waals surface area contributed by atoms with E-state index in [1.807, 2.05) is 53.9 Å². The van der Waals surface area contributed by atoms with Crippen LogP contribution in [-0.4, -0.2) is 15.9 Å². The highest BCUT2D eigenvalue weighted by Crippen LogP contribution is 2.27. The lowest BCUT2D eigenvalue weighted by Gasteiger charge is -2.02. The van der Waals surface area contributed by atoms with Gasteiger partial charge in [-0.1, -0.05) is 60.7 Å². The smallest absolute Gasteiger partial charge is 0.408 e. The molecule has 0 spiro atoms. The zero-order valence-corrected chi connectivity index (χ0v) is 17.6. The van der Waals surface area contributed by atoms with Gasteiger partial charge in [-0.25, -0.2) is 9.78 Å². The number of hydrogen-bond acceptors (Lipinski definition) is 5. The molecule has 3 aromatic carbocycles. The zero-order valence-electron chi connectivity index (χ0n) is 16.7. The third-order valence-electron chi connectivity index (χ3n) is 4.90. The van der Waals surface area contributed by atoms with Gasteiger partial charge in [0.25, 0.3) is 0 Å². The summed E-state index contributed by atoms with van der Waals surface area (Å²) in [4.78, 5) is 30.7. The quantitative estimate of drug-likeness (QED) is 0.351. The maximum absolute atomic E-state index is 12.3. The second-order valence-electron chi connectivity index (χ2n) is 7.07. The summed E-state index contributed by atoms with van der Waals surface area (Å²) in [6.45, 7) is 0. The number of rotatable bonds is 5. The van der Waals surface area contributed by atoms with E-state index in [0.29, 0.717) is 21.9 Å². The number of H-pyrrole nitrogens is 1. The first kappa shape index (κ1) is 19.7. The summed E-state index contributed by atoms with van der Waals surface area (Å²) in [5, 5.41) is 5.11. The molecule has 0 aliphatic heterocycles. The van der Waals surface area contributed by atoms with Crippen LogP contribution in [0, 0.1) is 0 Å². The maximum Gasteiger partial charge on any atom is 0.417 e. The Morgan fingerprint density at radius 1 is 0.969 bits per heavy atom. The number of nitrogens with zero attached hydrogens (tertiary/aromatic N) is 1. The molecule has 0 fully saturated rings. The van der Waals surface area contributed by atoms with Crippen molar-refractivity contribution in [1.82, 2.24) is 9.97 Å². The molecule has 0 atom stereocenters. The molecule has 1 amide bonds. The monoisotopic (exact) mass is 439 g/mol. The normalized spacial score (nSPS) is 11.2. The van der Waals surface area contributed by atoms with E-state index in [-0.39, 0.29) is 5.91 Å². The SMILES string of the molecule is O=C(/C=C/c1ccc(-c2ccccc2)cc1)Nc1nc(-c2ccc3[nH]c(=O)oc3c2)cs1. The molecule has 7 heteroatoms. The predicted molar refractivity (Wildman–Crippen MR) is 127 cm³/mol. The first-order valence-electron chi connectivity index (χ1n) is 9.87. The molecule has 0 aliphatic carbocycles. The summed E-state index contributed by atoms with van der Waals surface area (Å²) in [5.41, 5.74) is 5.79. The number of aromatic nitrogens is 2. The molecule has 2 N–H and O–H groups in total. The largest absolute Gasteiger partial charge is 0.417 e. The number of thiazole rings is 1. The maximum atomic E-state index is 12.3. The van der Waals surface area contributed by atoms with Gasteiger partial charge in [-0.2, -0.15) is 0 Å². The van der Waals surface area contributed by atoms with Gasteiger partial charge in [0, 0.05) is 17.0 Å². The lowest BCUT2D eigenvalue weighted by atomic mass is 10.0. The Hall–Kier alpha value is -4.23. The second kappa shape index (κ2) is 8.49. The number of amides is 1. The van der Waals surface area contributed by atoms with Gasteiger partial charge in [0.15, 0.2) is 10.7 Å². The second-order valence-corrected chi connectivity index (χ2v) is 7.93. The minimum atomic E-state index is -0.495. The zero-order chi connectivity index (χ0) is 21.9. The number of benzene rings is 3. The minimum Gasteiger partial charge on any atom is -0.408 e. The Bertz CT molecular complexity index is 1480. The Morgan fingerprint density at radius 3 is 2.53 bits per heavy atom. The molecule has 2 aromatic heterocycles. The van der Waals surface area contributed by atoms with Gasteiger partial charge in [-0.3, -0.25) is 15.1 Å². The summed E-state index contributed by atoms with van der Waals surface area (Å²) in [6.07, 6.45) is 3.25. The van der Waals surface area contributed by atoms with Crippen LogP contribution in [0.3, 0.4) is 0 Å². The molecule has 5 aromatic rings. The Morgan fingerprint density at radius 2 is 1.72 bits per heavy atom. The van der Waals surface area contributed by atoms with E-state index >= 15 is 0 Å². The van der Waals surface area contributed by atoms with E-state index in [1.165, 1.54) is 17.4 Å². The molecular formula is C25H17N3O3S. The van der Waals surface area contributed by atoms with Gasteiger partial charge in [0.05, 0.1) is 11.2 Å². The fraction of sp³-hybridized carbons (Fsp3) is 0. The lowest BCUT2D eigenvalue weighted by Crippen LogP contribution is -2.07. The fourth-order valence-electron chi connectivity index (χ4n) is 3.30. The van der Waals surface area contributed by atoms with Crippen LogP contribution in [0.2, 0.25) is 0 Å². The molecule has 0 saturated heterocycles. The van der Waals surface area contributed by atoms with Gasteiger partial charge in [-0.05, 0) is 34.9 Å². The molecule has 156 valence electrons. The number of anilines is 1. The summed E-state index contributed by atoms with van der Waals surface area (Å²) >= 11 is 1.33. The average Bonchev–Trinajstić information content (AvgIpc) is 3.43. The van der Waals surface area contributed by atoms with Crippen molar-refractivity contribution in [2.75, 3.05) is 5.32 Å².